The lowest BCUT2D eigenvalue weighted by Gasteiger charge is -2.44. The van der Waals surface area contributed by atoms with Gasteiger partial charge in [-0.1, -0.05) is 59.7 Å². The van der Waals surface area contributed by atoms with Crippen LogP contribution in [0.1, 0.15) is 47.9 Å². The smallest absolute Gasteiger partial charge is 0.0717 e. The van der Waals surface area contributed by atoms with E-state index in [0.717, 1.165) is 25.8 Å². The number of rotatable bonds is 4. The van der Waals surface area contributed by atoms with Crippen molar-refractivity contribution < 1.29 is 5.11 Å². The first-order valence-corrected chi connectivity index (χ1v) is 9.60. The molecule has 25 heavy (non-hydrogen) atoms. The van der Waals surface area contributed by atoms with Crippen LogP contribution in [-0.4, -0.2) is 27.7 Å². The van der Waals surface area contributed by atoms with Gasteiger partial charge in [-0.05, 0) is 50.7 Å². The Kier molecular flexibility index (Phi) is 4.43. The average Bonchev–Trinajstić information content (AvgIpc) is 2.79. The molecule has 4 rings (SSSR count). The van der Waals surface area contributed by atoms with E-state index in [4.69, 9.17) is 0 Å². The molecule has 0 saturated carbocycles. The molecule has 0 aromatic heterocycles. The molecule has 0 amide bonds. The van der Waals surface area contributed by atoms with Crippen LogP contribution in [0.2, 0.25) is 0 Å². The summed E-state index contributed by atoms with van der Waals surface area (Å²) in [5.74, 6) is 0. The van der Waals surface area contributed by atoms with E-state index >= 15 is 0 Å². The van der Waals surface area contributed by atoms with Crippen LogP contribution < -0.4 is 0 Å². The predicted octanol–water partition coefficient (Wildman–Crippen LogP) is 4.40. The third kappa shape index (κ3) is 3.65. The van der Waals surface area contributed by atoms with Crippen molar-refractivity contribution in [2.45, 2.75) is 70.2 Å². The topological polar surface area (TPSA) is 23.5 Å². The number of fused-ring (bicyclic) bond motifs is 2. The highest BCUT2D eigenvalue weighted by atomic mass is 16.3. The monoisotopic (exact) mass is 335 g/mol. The maximum Gasteiger partial charge on any atom is 0.0717 e. The maximum atomic E-state index is 11.3. The van der Waals surface area contributed by atoms with Crippen LogP contribution >= 0.6 is 0 Å². The lowest BCUT2D eigenvalue weighted by atomic mass is 9.81. The Hall–Kier alpha value is -1.64. The van der Waals surface area contributed by atoms with Crippen molar-refractivity contribution in [1.29, 1.82) is 0 Å². The highest BCUT2D eigenvalue weighted by molar-refractivity contribution is 5.30. The van der Waals surface area contributed by atoms with E-state index in [1.807, 2.05) is 0 Å². The molecule has 2 atom stereocenters. The number of aliphatic hydroxyl groups is 1. The number of aryl methyl sites for hydroxylation is 2. The molecule has 2 heteroatoms. The second kappa shape index (κ2) is 6.59. The van der Waals surface area contributed by atoms with Gasteiger partial charge in [0.25, 0.3) is 0 Å². The van der Waals surface area contributed by atoms with Crippen LogP contribution in [0.3, 0.4) is 0 Å². The normalized spacial score (nSPS) is 29.1. The summed E-state index contributed by atoms with van der Waals surface area (Å²) in [6, 6.07) is 18.5. The zero-order chi connectivity index (χ0) is 17.4. The number of piperidine rings is 1. The minimum absolute atomic E-state index is 0.523. The second-order valence-electron chi connectivity index (χ2n) is 8.35. The van der Waals surface area contributed by atoms with Crippen molar-refractivity contribution in [1.82, 2.24) is 4.90 Å². The Bertz CT molecular complexity index is 705. The van der Waals surface area contributed by atoms with E-state index in [1.165, 1.54) is 35.1 Å². The molecule has 2 aliphatic rings. The van der Waals surface area contributed by atoms with Gasteiger partial charge in [-0.3, -0.25) is 4.90 Å². The van der Waals surface area contributed by atoms with Gasteiger partial charge in [0, 0.05) is 25.0 Å². The molecule has 2 saturated heterocycles. The molecule has 0 radical (unpaired) electrons. The Morgan fingerprint density at radius 1 is 0.920 bits per heavy atom. The first-order valence-electron chi connectivity index (χ1n) is 9.60. The van der Waals surface area contributed by atoms with Gasteiger partial charge in [-0.2, -0.15) is 0 Å². The fraction of sp³-hybridized carbons (Fsp3) is 0.478. The Labute approximate surface area is 151 Å². The van der Waals surface area contributed by atoms with Gasteiger partial charge >= 0.3 is 0 Å². The quantitative estimate of drug-likeness (QED) is 0.895. The van der Waals surface area contributed by atoms with Crippen molar-refractivity contribution in [3.8, 4) is 0 Å². The Balaban J connectivity index is 1.48. The van der Waals surface area contributed by atoms with E-state index in [9.17, 15) is 5.11 Å². The number of nitrogens with zero attached hydrogens (tertiary/aromatic N) is 1. The van der Waals surface area contributed by atoms with Crippen LogP contribution in [-0.2, 0) is 13.0 Å². The van der Waals surface area contributed by atoms with E-state index < -0.39 is 5.60 Å². The third-order valence-electron chi connectivity index (χ3n) is 6.02. The molecule has 2 nitrogen and oxygen atoms in total. The molecular formula is C23H29NO. The van der Waals surface area contributed by atoms with Crippen molar-refractivity contribution in [2.75, 3.05) is 0 Å². The fourth-order valence-electron chi connectivity index (χ4n) is 5.16. The summed E-state index contributed by atoms with van der Waals surface area (Å²) >= 11 is 0. The SMILES string of the molecule is Cc1cc(C)cc(CC2(O)CC3CCC(C2)N3Cc2ccccc2)c1. The Morgan fingerprint density at radius 3 is 2.12 bits per heavy atom. The summed E-state index contributed by atoms with van der Waals surface area (Å²) in [6.45, 7) is 5.31. The van der Waals surface area contributed by atoms with Crippen LogP contribution in [0.5, 0.6) is 0 Å². The molecule has 2 bridgehead atoms. The maximum absolute atomic E-state index is 11.3. The lowest BCUT2D eigenvalue weighted by Crippen LogP contribution is -2.51. The zero-order valence-electron chi connectivity index (χ0n) is 15.4. The number of hydrogen-bond acceptors (Lipinski definition) is 2. The van der Waals surface area contributed by atoms with Crippen LogP contribution in [0.4, 0.5) is 0 Å². The highest BCUT2D eigenvalue weighted by Gasteiger charge is 2.47. The van der Waals surface area contributed by atoms with Gasteiger partial charge in [0.15, 0.2) is 0 Å². The van der Waals surface area contributed by atoms with E-state index in [0.29, 0.717) is 12.1 Å². The van der Waals surface area contributed by atoms with Crippen molar-refractivity contribution in [3.63, 3.8) is 0 Å². The van der Waals surface area contributed by atoms with Gasteiger partial charge in [0.2, 0.25) is 0 Å². The molecule has 2 heterocycles. The molecule has 2 aromatic rings. The molecule has 0 aliphatic carbocycles. The van der Waals surface area contributed by atoms with Gasteiger partial charge in [-0.25, -0.2) is 0 Å². The van der Waals surface area contributed by atoms with Crippen molar-refractivity contribution in [3.05, 3.63) is 70.8 Å². The van der Waals surface area contributed by atoms with Crippen LogP contribution in [0.25, 0.3) is 0 Å². The predicted molar refractivity (Wildman–Crippen MR) is 103 cm³/mol. The van der Waals surface area contributed by atoms with Gasteiger partial charge in [0.1, 0.15) is 0 Å². The summed E-state index contributed by atoms with van der Waals surface area (Å²) in [5.41, 5.74) is 4.72. The van der Waals surface area contributed by atoms with Crippen molar-refractivity contribution >= 4 is 0 Å². The number of hydrogen-bond donors (Lipinski definition) is 1. The first kappa shape index (κ1) is 16.8. The molecule has 0 spiro atoms. The molecule has 2 aromatic carbocycles. The minimum atomic E-state index is -0.542. The summed E-state index contributed by atoms with van der Waals surface area (Å²) in [6.07, 6.45) is 5.06. The second-order valence-corrected chi connectivity index (χ2v) is 8.35. The van der Waals surface area contributed by atoms with E-state index in [1.54, 1.807) is 0 Å². The average molecular weight is 335 g/mol. The van der Waals surface area contributed by atoms with Crippen LogP contribution in [0, 0.1) is 13.8 Å². The first-order chi connectivity index (χ1) is 12.0. The highest BCUT2D eigenvalue weighted by Crippen LogP contribution is 2.43. The number of benzene rings is 2. The molecule has 2 fully saturated rings. The lowest BCUT2D eigenvalue weighted by molar-refractivity contribution is -0.0540. The van der Waals surface area contributed by atoms with Gasteiger partial charge in [0.05, 0.1) is 5.60 Å². The minimum Gasteiger partial charge on any atom is -0.389 e. The Morgan fingerprint density at radius 2 is 1.52 bits per heavy atom. The van der Waals surface area contributed by atoms with Crippen molar-refractivity contribution in [2.24, 2.45) is 0 Å². The van der Waals surface area contributed by atoms with Gasteiger partial charge in [-0.15, -0.1) is 0 Å². The summed E-state index contributed by atoms with van der Waals surface area (Å²) in [5, 5.41) is 11.3. The largest absolute Gasteiger partial charge is 0.389 e. The van der Waals surface area contributed by atoms with Gasteiger partial charge < -0.3 is 5.11 Å². The van der Waals surface area contributed by atoms with Crippen LogP contribution in [0.15, 0.2) is 48.5 Å². The molecule has 2 unspecified atom stereocenters. The molecule has 2 aliphatic heterocycles. The summed E-state index contributed by atoms with van der Waals surface area (Å²) in [4.78, 5) is 2.64. The third-order valence-corrected chi connectivity index (χ3v) is 6.02. The molecule has 132 valence electrons. The zero-order valence-corrected chi connectivity index (χ0v) is 15.4. The van der Waals surface area contributed by atoms with E-state index in [-0.39, 0.29) is 0 Å². The fourth-order valence-corrected chi connectivity index (χ4v) is 5.16. The summed E-state index contributed by atoms with van der Waals surface area (Å²) < 4.78 is 0. The standard InChI is InChI=1S/C23H29NO/c1-17-10-18(2)12-20(11-17)13-23(25)14-21-8-9-22(15-23)24(21)16-19-6-4-3-5-7-19/h3-7,10-12,21-22,25H,8-9,13-16H2,1-2H3. The molecular weight excluding hydrogens is 306 g/mol. The van der Waals surface area contributed by atoms with E-state index in [2.05, 4.69) is 67.3 Å². The molecule has 1 N–H and O–H groups in total. The summed E-state index contributed by atoms with van der Waals surface area (Å²) in [7, 11) is 0.